The van der Waals surface area contributed by atoms with Crippen molar-refractivity contribution in [3.8, 4) is 11.6 Å². The summed E-state index contributed by atoms with van der Waals surface area (Å²) in [5, 5.41) is 0. The molecule has 26 heavy (non-hydrogen) atoms. The number of hydrogen-bond donors (Lipinski definition) is 0. The van der Waals surface area contributed by atoms with Crippen LogP contribution in [0.15, 0.2) is 47.5 Å². The average Bonchev–Trinajstić information content (AvgIpc) is 3.15. The minimum absolute atomic E-state index is 0.177. The Labute approximate surface area is 147 Å². The van der Waals surface area contributed by atoms with Gasteiger partial charge in [0.1, 0.15) is 0 Å². The fourth-order valence-electron chi connectivity index (χ4n) is 3.10. The predicted octanol–water partition coefficient (Wildman–Crippen LogP) is 3.71. The third kappa shape index (κ3) is 3.32. The van der Waals surface area contributed by atoms with Crippen LogP contribution in [0.4, 0.5) is 13.2 Å². The zero-order valence-electron chi connectivity index (χ0n) is 13.7. The predicted molar refractivity (Wildman–Crippen MR) is 86.8 cm³/mol. The quantitative estimate of drug-likeness (QED) is 0.713. The van der Waals surface area contributed by atoms with Gasteiger partial charge in [-0.25, -0.2) is 9.97 Å². The first-order valence-electron chi connectivity index (χ1n) is 8.12. The smallest absolute Gasteiger partial charge is 0.416 e. The van der Waals surface area contributed by atoms with E-state index in [9.17, 15) is 13.2 Å². The number of halogens is 3. The molecule has 0 unspecified atom stereocenters. The second-order valence-corrected chi connectivity index (χ2v) is 6.13. The molecule has 3 aromatic rings. The lowest BCUT2D eigenvalue weighted by Crippen LogP contribution is -2.31. The number of aromatic nitrogens is 3. The van der Waals surface area contributed by atoms with E-state index >= 15 is 0 Å². The van der Waals surface area contributed by atoms with Crippen LogP contribution in [0.1, 0.15) is 22.4 Å². The average molecular weight is 360 g/mol. The van der Waals surface area contributed by atoms with Crippen LogP contribution in [0.25, 0.3) is 11.6 Å². The van der Waals surface area contributed by atoms with E-state index in [1.165, 1.54) is 12.4 Å². The molecule has 0 aromatic carbocycles. The molecular formula is C18H15F3N4O. The zero-order chi connectivity index (χ0) is 18.1. The summed E-state index contributed by atoms with van der Waals surface area (Å²) in [6, 6.07) is 4.58. The van der Waals surface area contributed by atoms with E-state index in [2.05, 4.69) is 15.0 Å². The van der Waals surface area contributed by atoms with Crippen LogP contribution >= 0.6 is 0 Å². The van der Waals surface area contributed by atoms with E-state index in [-0.39, 0.29) is 12.1 Å². The van der Waals surface area contributed by atoms with Crippen LogP contribution in [0.3, 0.4) is 0 Å². The van der Waals surface area contributed by atoms with Crippen molar-refractivity contribution in [3.05, 3.63) is 65.4 Å². The summed E-state index contributed by atoms with van der Waals surface area (Å²) in [4.78, 5) is 14.6. The molecule has 1 aliphatic rings. The molecule has 5 nitrogen and oxygen atoms in total. The summed E-state index contributed by atoms with van der Waals surface area (Å²) >= 11 is 0. The van der Waals surface area contributed by atoms with Gasteiger partial charge in [0.25, 0.3) is 0 Å². The van der Waals surface area contributed by atoms with Crippen molar-refractivity contribution in [1.29, 1.82) is 0 Å². The largest absolute Gasteiger partial charge is 0.461 e. The molecule has 0 amide bonds. The summed E-state index contributed by atoms with van der Waals surface area (Å²) in [6.07, 6.45) is 2.00. The van der Waals surface area contributed by atoms with E-state index in [0.29, 0.717) is 31.1 Å². The van der Waals surface area contributed by atoms with Crippen LogP contribution in [0.2, 0.25) is 0 Å². The normalized spacial score (nSPS) is 15.0. The van der Waals surface area contributed by atoms with E-state index in [4.69, 9.17) is 4.42 Å². The molecule has 0 saturated heterocycles. The number of nitrogens with zero attached hydrogens (tertiary/aromatic N) is 4. The van der Waals surface area contributed by atoms with Gasteiger partial charge in [-0.15, -0.1) is 0 Å². The topological polar surface area (TPSA) is 55.1 Å². The number of hydrogen-bond acceptors (Lipinski definition) is 5. The van der Waals surface area contributed by atoms with Crippen molar-refractivity contribution >= 4 is 0 Å². The Morgan fingerprint density at radius 3 is 2.85 bits per heavy atom. The van der Waals surface area contributed by atoms with Gasteiger partial charge in [0.2, 0.25) is 0 Å². The fraction of sp³-hybridized carbons (Fsp3) is 0.278. The molecule has 4 heterocycles. The Balaban J connectivity index is 1.53. The van der Waals surface area contributed by atoms with E-state index < -0.39 is 11.7 Å². The van der Waals surface area contributed by atoms with Gasteiger partial charge in [0, 0.05) is 50.2 Å². The molecular weight excluding hydrogens is 345 g/mol. The minimum atomic E-state index is -4.38. The van der Waals surface area contributed by atoms with Crippen LogP contribution in [0, 0.1) is 0 Å². The molecule has 1 aliphatic heterocycles. The Morgan fingerprint density at radius 2 is 2.08 bits per heavy atom. The Hall–Kier alpha value is -2.74. The summed E-state index contributed by atoms with van der Waals surface area (Å²) < 4.78 is 44.7. The van der Waals surface area contributed by atoms with Crippen molar-refractivity contribution < 1.29 is 17.6 Å². The molecule has 0 radical (unpaired) electrons. The summed E-state index contributed by atoms with van der Waals surface area (Å²) in [6.45, 7) is 1.30. The minimum Gasteiger partial charge on any atom is -0.461 e. The lowest BCUT2D eigenvalue weighted by Gasteiger charge is -2.28. The first-order chi connectivity index (χ1) is 12.5. The number of furan rings is 1. The van der Waals surface area contributed by atoms with Crippen LogP contribution in [-0.2, 0) is 25.7 Å². The van der Waals surface area contributed by atoms with Gasteiger partial charge in [-0.1, -0.05) is 0 Å². The molecule has 0 N–H and O–H groups in total. The van der Waals surface area contributed by atoms with Crippen molar-refractivity contribution in [3.63, 3.8) is 0 Å². The highest BCUT2D eigenvalue weighted by Crippen LogP contribution is 2.32. The van der Waals surface area contributed by atoms with Crippen molar-refractivity contribution in [2.24, 2.45) is 0 Å². The number of alkyl halides is 3. The fourth-order valence-corrected chi connectivity index (χ4v) is 3.10. The lowest BCUT2D eigenvalue weighted by molar-refractivity contribution is -0.138. The van der Waals surface area contributed by atoms with Crippen molar-refractivity contribution in [2.75, 3.05) is 6.54 Å². The lowest BCUT2D eigenvalue weighted by atomic mass is 10.0. The third-order valence-corrected chi connectivity index (χ3v) is 4.36. The Morgan fingerprint density at radius 1 is 1.19 bits per heavy atom. The SMILES string of the molecule is FC(F)(F)c1ccncc1CN1CCc2nc(-c3ccco3)ncc2C1. The highest BCUT2D eigenvalue weighted by molar-refractivity contribution is 5.47. The van der Waals surface area contributed by atoms with E-state index in [1.807, 2.05) is 4.90 Å². The standard InChI is InChI=1S/C18H15F3N4O/c19-18(20,21)14-3-5-22-8-12(14)10-25-6-4-15-13(11-25)9-23-17(24-15)16-2-1-7-26-16/h1-3,5,7-9H,4,6,10-11H2. The molecule has 0 atom stereocenters. The Bertz CT molecular complexity index is 909. The maximum atomic E-state index is 13.1. The molecule has 134 valence electrons. The van der Waals surface area contributed by atoms with Crippen molar-refractivity contribution in [2.45, 2.75) is 25.7 Å². The summed E-state index contributed by atoms with van der Waals surface area (Å²) in [5.41, 5.74) is 1.37. The maximum Gasteiger partial charge on any atom is 0.416 e. The molecule has 4 rings (SSSR count). The van der Waals surface area contributed by atoms with Gasteiger partial charge in [-0.2, -0.15) is 13.2 Å². The molecule has 0 spiro atoms. The third-order valence-electron chi connectivity index (χ3n) is 4.36. The number of rotatable bonds is 3. The molecule has 0 saturated carbocycles. The van der Waals surface area contributed by atoms with Gasteiger partial charge in [0.05, 0.1) is 17.5 Å². The molecule has 0 bridgehead atoms. The second-order valence-electron chi connectivity index (χ2n) is 6.13. The van der Waals surface area contributed by atoms with Gasteiger partial charge < -0.3 is 4.42 Å². The maximum absolute atomic E-state index is 13.1. The van der Waals surface area contributed by atoms with Gasteiger partial charge in [-0.3, -0.25) is 9.88 Å². The first kappa shape index (κ1) is 16.7. The van der Waals surface area contributed by atoms with Crippen molar-refractivity contribution in [1.82, 2.24) is 19.9 Å². The molecule has 8 heteroatoms. The van der Waals surface area contributed by atoms with Crippen LogP contribution in [0.5, 0.6) is 0 Å². The molecule has 3 aromatic heterocycles. The van der Waals surface area contributed by atoms with Gasteiger partial charge in [-0.05, 0) is 23.8 Å². The van der Waals surface area contributed by atoms with Gasteiger partial charge in [0.15, 0.2) is 11.6 Å². The molecule has 0 aliphatic carbocycles. The highest BCUT2D eigenvalue weighted by atomic mass is 19.4. The number of fused-ring (bicyclic) bond motifs is 1. The monoisotopic (exact) mass is 360 g/mol. The number of pyridine rings is 1. The van der Waals surface area contributed by atoms with Gasteiger partial charge >= 0.3 is 6.18 Å². The van der Waals surface area contributed by atoms with Crippen LogP contribution < -0.4 is 0 Å². The highest BCUT2D eigenvalue weighted by Gasteiger charge is 2.33. The van der Waals surface area contributed by atoms with Crippen LogP contribution in [-0.4, -0.2) is 26.4 Å². The second kappa shape index (κ2) is 6.53. The van der Waals surface area contributed by atoms with E-state index in [1.54, 1.807) is 24.6 Å². The molecule has 0 fully saturated rings. The Kier molecular flexibility index (Phi) is 4.20. The summed E-state index contributed by atoms with van der Waals surface area (Å²) in [5.74, 6) is 1.12. The van der Waals surface area contributed by atoms with E-state index in [0.717, 1.165) is 17.3 Å². The summed E-state index contributed by atoms with van der Waals surface area (Å²) in [7, 11) is 0. The first-order valence-corrected chi connectivity index (χ1v) is 8.12. The zero-order valence-corrected chi connectivity index (χ0v) is 13.7.